The monoisotopic (exact) mass is 249 g/mol. The van der Waals surface area contributed by atoms with Gasteiger partial charge in [0, 0.05) is 0 Å². The Hall–Kier alpha value is -1.50. The largest absolute Gasteiger partial charge is 0.433 e. The number of alkyl halides is 3. The molecular formula is C10H14F3N3O. The summed E-state index contributed by atoms with van der Waals surface area (Å²) in [6.45, 7) is 3.04. The van der Waals surface area contributed by atoms with E-state index in [1.165, 1.54) is 0 Å². The van der Waals surface area contributed by atoms with E-state index in [0.29, 0.717) is 0 Å². The van der Waals surface area contributed by atoms with Gasteiger partial charge in [-0.2, -0.15) is 13.2 Å². The highest BCUT2D eigenvalue weighted by Crippen LogP contribution is 2.31. The summed E-state index contributed by atoms with van der Waals surface area (Å²) in [5.74, 6) is 0. The third-order valence-corrected chi connectivity index (χ3v) is 2.09. The first-order valence-electron chi connectivity index (χ1n) is 4.87. The summed E-state index contributed by atoms with van der Waals surface area (Å²) in [7, 11) is 0. The van der Waals surface area contributed by atoms with Crippen LogP contribution in [0.5, 0.6) is 0 Å². The minimum Gasteiger partial charge on any atom is -0.396 e. The fraction of sp³-hybridized carbons (Fsp3) is 0.500. The lowest BCUT2D eigenvalue weighted by Crippen LogP contribution is -2.35. The normalized spacial score (nSPS) is 12.6. The lowest BCUT2D eigenvalue weighted by atomic mass is 10.1. The van der Waals surface area contributed by atoms with Crippen LogP contribution < -0.4 is 11.1 Å². The number of rotatable bonds is 3. The summed E-state index contributed by atoms with van der Waals surface area (Å²) in [4.78, 5) is 3.21. The molecule has 1 aromatic rings. The topological polar surface area (TPSA) is 71.2 Å². The minimum atomic E-state index is -4.52. The van der Waals surface area contributed by atoms with E-state index < -0.39 is 17.4 Å². The van der Waals surface area contributed by atoms with Gasteiger partial charge >= 0.3 is 6.18 Å². The molecule has 0 saturated heterocycles. The maximum Gasteiger partial charge on any atom is 0.433 e. The second-order valence-corrected chi connectivity index (χ2v) is 4.32. The van der Waals surface area contributed by atoms with Crippen molar-refractivity contribution in [3.8, 4) is 0 Å². The molecule has 0 saturated carbocycles. The molecule has 4 N–H and O–H groups in total. The van der Waals surface area contributed by atoms with Crippen molar-refractivity contribution >= 4 is 11.4 Å². The summed E-state index contributed by atoms with van der Waals surface area (Å²) in [5, 5.41) is 11.8. The maximum absolute atomic E-state index is 12.4. The SMILES string of the molecule is CC(C)(CO)Nc1cc(C(F)(F)F)ncc1N. The Morgan fingerprint density at radius 1 is 1.41 bits per heavy atom. The van der Waals surface area contributed by atoms with Crippen molar-refractivity contribution in [3.05, 3.63) is 18.0 Å². The number of nitrogens with two attached hydrogens (primary N) is 1. The molecule has 0 amide bonds. The van der Waals surface area contributed by atoms with Crippen molar-refractivity contribution in [2.45, 2.75) is 25.6 Å². The first-order chi connectivity index (χ1) is 7.65. The smallest absolute Gasteiger partial charge is 0.396 e. The number of nitrogens with zero attached hydrogens (tertiary/aromatic N) is 1. The lowest BCUT2D eigenvalue weighted by Gasteiger charge is -2.26. The number of nitrogen functional groups attached to an aromatic ring is 1. The first-order valence-corrected chi connectivity index (χ1v) is 4.87. The number of aliphatic hydroxyl groups is 1. The van der Waals surface area contributed by atoms with Gasteiger partial charge in [0.2, 0.25) is 0 Å². The van der Waals surface area contributed by atoms with Crippen LogP contribution in [0.4, 0.5) is 24.5 Å². The maximum atomic E-state index is 12.4. The average molecular weight is 249 g/mol. The molecule has 96 valence electrons. The minimum absolute atomic E-state index is 0.0968. The van der Waals surface area contributed by atoms with Gasteiger partial charge in [-0.25, -0.2) is 4.98 Å². The molecule has 7 heteroatoms. The Bertz CT molecular complexity index is 404. The van der Waals surface area contributed by atoms with Crippen LogP contribution in [-0.2, 0) is 6.18 Å². The van der Waals surface area contributed by atoms with E-state index in [0.717, 1.165) is 12.3 Å². The molecular weight excluding hydrogens is 235 g/mol. The summed E-state index contributed by atoms with van der Waals surface area (Å²) < 4.78 is 37.3. The highest BCUT2D eigenvalue weighted by molar-refractivity contribution is 5.66. The lowest BCUT2D eigenvalue weighted by molar-refractivity contribution is -0.141. The van der Waals surface area contributed by atoms with Gasteiger partial charge in [-0.15, -0.1) is 0 Å². The van der Waals surface area contributed by atoms with Crippen LogP contribution in [0.25, 0.3) is 0 Å². The van der Waals surface area contributed by atoms with Crippen molar-refractivity contribution in [3.63, 3.8) is 0 Å². The molecule has 1 rings (SSSR count). The molecule has 0 spiro atoms. The van der Waals surface area contributed by atoms with E-state index in [9.17, 15) is 13.2 Å². The van der Waals surface area contributed by atoms with Crippen LogP contribution in [-0.4, -0.2) is 22.2 Å². The molecule has 1 heterocycles. The molecule has 0 aliphatic rings. The number of aliphatic hydroxyl groups excluding tert-OH is 1. The van der Waals surface area contributed by atoms with Crippen molar-refractivity contribution in [1.29, 1.82) is 0 Å². The molecule has 0 aliphatic carbocycles. The van der Waals surface area contributed by atoms with Crippen LogP contribution in [0.3, 0.4) is 0 Å². The summed E-state index contributed by atoms with van der Waals surface area (Å²) in [6, 6.07) is 0.826. The zero-order chi connectivity index (χ0) is 13.3. The first kappa shape index (κ1) is 13.6. The molecule has 0 fully saturated rings. The van der Waals surface area contributed by atoms with Gasteiger partial charge in [0.25, 0.3) is 0 Å². The van der Waals surface area contributed by atoms with Crippen LogP contribution in [0.2, 0.25) is 0 Å². The number of hydrogen-bond acceptors (Lipinski definition) is 4. The Balaban J connectivity index is 3.08. The fourth-order valence-corrected chi connectivity index (χ4v) is 1.13. The molecule has 0 aliphatic heterocycles. The van der Waals surface area contributed by atoms with E-state index in [-0.39, 0.29) is 18.0 Å². The second kappa shape index (κ2) is 4.40. The zero-order valence-electron chi connectivity index (χ0n) is 9.47. The second-order valence-electron chi connectivity index (χ2n) is 4.32. The van der Waals surface area contributed by atoms with Crippen molar-refractivity contribution in [1.82, 2.24) is 4.98 Å². The van der Waals surface area contributed by atoms with Crippen LogP contribution in [0, 0.1) is 0 Å². The molecule has 1 aromatic heterocycles. The molecule has 0 aromatic carbocycles. The highest BCUT2D eigenvalue weighted by Gasteiger charge is 2.33. The van der Waals surface area contributed by atoms with Gasteiger partial charge in [0.05, 0.1) is 29.7 Å². The Kier molecular flexibility index (Phi) is 3.51. The standard InChI is InChI=1S/C10H14F3N3O/c1-9(2,5-17)16-7-3-8(10(11,12)13)15-4-6(7)14/h3-4,17H,5,14H2,1-2H3,(H,15,16). The molecule has 17 heavy (non-hydrogen) atoms. The Morgan fingerprint density at radius 2 is 2.00 bits per heavy atom. The van der Waals surface area contributed by atoms with Crippen molar-refractivity contribution < 1.29 is 18.3 Å². The number of aromatic nitrogens is 1. The molecule has 0 atom stereocenters. The summed E-state index contributed by atoms with van der Waals surface area (Å²) in [6.07, 6.45) is -3.58. The third-order valence-electron chi connectivity index (χ3n) is 2.09. The summed E-state index contributed by atoms with van der Waals surface area (Å²) in [5.41, 5.74) is 3.93. The number of hydrogen-bond donors (Lipinski definition) is 3. The van der Waals surface area contributed by atoms with Gasteiger partial charge in [-0.1, -0.05) is 0 Å². The van der Waals surface area contributed by atoms with E-state index in [1.807, 2.05) is 0 Å². The number of anilines is 2. The third kappa shape index (κ3) is 3.48. The quantitative estimate of drug-likeness (QED) is 0.764. The number of nitrogens with one attached hydrogen (secondary N) is 1. The van der Waals surface area contributed by atoms with E-state index in [1.54, 1.807) is 13.8 Å². The zero-order valence-corrected chi connectivity index (χ0v) is 9.47. The van der Waals surface area contributed by atoms with Crippen molar-refractivity contribution in [2.24, 2.45) is 0 Å². The van der Waals surface area contributed by atoms with Gasteiger partial charge in [0.1, 0.15) is 5.69 Å². The Labute approximate surface area is 96.7 Å². The summed E-state index contributed by atoms with van der Waals surface area (Å²) >= 11 is 0. The number of pyridine rings is 1. The molecule has 0 unspecified atom stereocenters. The predicted molar refractivity (Wildman–Crippen MR) is 58.4 cm³/mol. The molecule has 4 nitrogen and oxygen atoms in total. The van der Waals surface area contributed by atoms with E-state index >= 15 is 0 Å². The van der Waals surface area contributed by atoms with Crippen molar-refractivity contribution in [2.75, 3.05) is 17.7 Å². The highest BCUT2D eigenvalue weighted by atomic mass is 19.4. The van der Waals surface area contributed by atoms with Gasteiger partial charge in [0.15, 0.2) is 0 Å². The van der Waals surface area contributed by atoms with Gasteiger partial charge in [-0.05, 0) is 19.9 Å². The van der Waals surface area contributed by atoms with Gasteiger partial charge < -0.3 is 16.2 Å². The molecule has 0 radical (unpaired) electrons. The van der Waals surface area contributed by atoms with Crippen LogP contribution >= 0.6 is 0 Å². The van der Waals surface area contributed by atoms with E-state index in [2.05, 4.69) is 10.3 Å². The average Bonchev–Trinajstić information content (AvgIpc) is 2.19. The Morgan fingerprint density at radius 3 is 2.47 bits per heavy atom. The fourth-order valence-electron chi connectivity index (χ4n) is 1.13. The number of halogens is 3. The van der Waals surface area contributed by atoms with Crippen LogP contribution in [0.1, 0.15) is 19.5 Å². The van der Waals surface area contributed by atoms with Crippen LogP contribution in [0.15, 0.2) is 12.3 Å². The molecule has 0 bridgehead atoms. The predicted octanol–water partition coefficient (Wildman–Crippen LogP) is 1.87. The van der Waals surface area contributed by atoms with Gasteiger partial charge in [-0.3, -0.25) is 0 Å². The van der Waals surface area contributed by atoms with E-state index in [4.69, 9.17) is 10.8 Å².